The highest BCUT2D eigenvalue weighted by molar-refractivity contribution is 5.86. The van der Waals surface area contributed by atoms with Crippen LogP contribution in [0.1, 0.15) is 39.7 Å². The maximum Gasteiger partial charge on any atom is 0.416 e. The van der Waals surface area contributed by atoms with E-state index in [0.717, 1.165) is 12.1 Å². The number of imidazole rings is 1. The Morgan fingerprint density at radius 3 is 2.50 bits per heavy atom. The van der Waals surface area contributed by atoms with Crippen LogP contribution in [-0.2, 0) is 17.5 Å². The molecule has 1 fully saturated rings. The van der Waals surface area contributed by atoms with Crippen molar-refractivity contribution in [1.29, 1.82) is 0 Å². The maximum absolute atomic E-state index is 13.0. The highest BCUT2D eigenvalue weighted by atomic mass is 19.4. The Balaban J connectivity index is 1.59. The monoisotopic (exact) mass is 476 g/mol. The molecule has 1 amide bonds. The molecule has 1 aliphatic rings. The van der Waals surface area contributed by atoms with E-state index in [9.17, 15) is 18.0 Å². The van der Waals surface area contributed by atoms with Gasteiger partial charge in [-0.25, -0.2) is 19.7 Å². The average molecular weight is 477 g/mol. The molecule has 1 saturated heterocycles. The van der Waals surface area contributed by atoms with E-state index in [0.29, 0.717) is 54.4 Å². The van der Waals surface area contributed by atoms with E-state index in [2.05, 4.69) is 20.3 Å². The minimum atomic E-state index is -4.40. The van der Waals surface area contributed by atoms with Gasteiger partial charge in [0.05, 0.1) is 5.56 Å². The fraction of sp³-hybridized carbons (Fsp3) is 0.478. The summed E-state index contributed by atoms with van der Waals surface area (Å²) in [7, 11) is 0. The fourth-order valence-electron chi connectivity index (χ4n) is 3.93. The summed E-state index contributed by atoms with van der Waals surface area (Å²) in [5.74, 6) is 1.03. The number of rotatable bonds is 4. The van der Waals surface area contributed by atoms with Gasteiger partial charge in [0.15, 0.2) is 17.0 Å². The SMILES string of the molecule is CCn1c(-c2ccc(C(F)(F)F)cc2)nc2c(N[C@H]3CCN(C(=O)OC(C)(C)C)C3)ncnc21. The van der Waals surface area contributed by atoms with E-state index in [1.165, 1.54) is 18.5 Å². The van der Waals surface area contributed by atoms with Crippen molar-refractivity contribution >= 4 is 23.1 Å². The topological polar surface area (TPSA) is 85.2 Å². The number of alkyl halides is 3. The van der Waals surface area contributed by atoms with Gasteiger partial charge >= 0.3 is 12.3 Å². The third-order valence-corrected chi connectivity index (χ3v) is 5.50. The highest BCUT2D eigenvalue weighted by Gasteiger charge is 2.31. The third kappa shape index (κ3) is 4.92. The Morgan fingerprint density at radius 1 is 1.18 bits per heavy atom. The van der Waals surface area contributed by atoms with Crippen molar-refractivity contribution < 1.29 is 22.7 Å². The number of nitrogens with one attached hydrogen (secondary N) is 1. The third-order valence-electron chi connectivity index (χ3n) is 5.50. The number of halogens is 3. The fourth-order valence-corrected chi connectivity index (χ4v) is 3.93. The zero-order valence-electron chi connectivity index (χ0n) is 19.5. The number of hydrogen-bond donors (Lipinski definition) is 1. The van der Waals surface area contributed by atoms with Crippen molar-refractivity contribution in [2.24, 2.45) is 0 Å². The number of hydrogen-bond acceptors (Lipinski definition) is 6. The summed E-state index contributed by atoms with van der Waals surface area (Å²) in [5, 5.41) is 3.35. The number of nitrogens with zero attached hydrogens (tertiary/aromatic N) is 5. The number of fused-ring (bicyclic) bond motifs is 1. The van der Waals surface area contributed by atoms with Crippen LogP contribution in [0.15, 0.2) is 30.6 Å². The number of anilines is 1. The van der Waals surface area contributed by atoms with Crippen LogP contribution in [0.5, 0.6) is 0 Å². The number of likely N-dealkylation sites (tertiary alicyclic amines) is 1. The molecule has 3 aromatic rings. The van der Waals surface area contributed by atoms with Gasteiger partial charge in [0, 0.05) is 31.2 Å². The van der Waals surface area contributed by atoms with Crippen molar-refractivity contribution in [1.82, 2.24) is 24.4 Å². The first-order chi connectivity index (χ1) is 16.0. The average Bonchev–Trinajstić information content (AvgIpc) is 3.37. The second kappa shape index (κ2) is 8.77. The van der Waals surface area contributed by atoms with Crippen molar-refractivity contribution in [3.63, 3.8) is 0 Å². The maximum atomic E-state index is 13.0. The van der Waals surface area contributed by atoms with Gasteiger partial charge in [-0.1, -0.05) is 12.1 Å². The molecule has 1 N–H and O–H groups in total. The molecule has 1 atom stereocenters. The summed E-state index contributed by atoms with van der Waals surface area (Å²) >= 11 is 0. The summed E-state index contributed by atoms with van der Waals surface area (Å²) in [6.45, 7) is 8.94. The number of carbonyl (C=O) groups is 1. The van der Waals surface area contributed by atoms with Crippen molar-refractivity contribution in [2.45, 2.75) is 58.5 Å². The lowest BCUT2D eigenvalue weighted by atomic mass is 10.1. The van der Waals surface area contributed by atoms with Gasteiger partial charge in [-0.2, -0.15) is 13.2 Å². The molecule has 0 spiro atoms. The number of carbonyl (C=O) groups excluding carboxylic acids is 1. The van der Waals surface area contributed by atoms with Gasteiger partial charge in [-0.3, -0.25) is 0 Å². The normalized spacial score (nSPS) is 16.8. The second-order valence-electron chi connectivity index (χ2n) is 9.21. The smallest absolute Gasteiger partial charge is 0.416 e. The van der Waals surface area contributed by atoms with Crippen molar-refractivity contribution in [3.8, 4) is 11.4 Å². The lowest BCUT2D eigenvalue weighted by molar-refractivity contribution is -0.137. The van der Waals surface area contributed by atoms with Crippen LogP contribution in [0.25, 0.3) is 22.6 Å². The van der Waals surface area contributed by atoms with Crippen LogP contribution in [0.4, 0.5) is 23.8 Å². The standard InChI is InChI=1S/C23H27F3N6O2/c1-5-32-19(14-6-8-15(9-7-14)23(24,25)26)30-17-18(27-13-28-20(17)32)29-16-10-11-31(12-16)21(33)34-22(2,3)4/h6-9,13,16H,5,10-12H2,1-4H3,(H,27,28,29)/t16-/m0/s1. The second-order valence-corrected chi connectivity index (χ2v) is 9.21. The lowest BCUT2D eigenvalue weighted by Gasteiger charge is -2.24. The van der Waals surface area contributed by atoms with E-state index in [4.69, 9.17) is 4.74 Å². The minimum Gasteiger partial charge on any atom is -0.444 e. The van der Waals surface area contributed by atoms with Gasteiger partial charge in [0.2, 0.25) is 0 Å². The number of ether oxygens (including phenoxy) is 1. The molecule has 0 saturated carbocycles. The molecule has 182 valence electrons. The lowest BCUT2D eigenvalue weighted by Crippen LogP contribution is -2.36. The molecule has 34 heavy (non-hydrogen) atoms. The van der Waals surface area contributed by atoms with Gasteiger partial charge in [0.1, 0.15) is 17.8 Å². The first-order valence-electron chi connectivity index (χ1n) is 11.1. The first kappa shape index (κ1) is 23.8. The summed E-state index contributed by atoms with van der Waals surface area (Å²) < 4.78 is 46.2. The predicted molar refractivity (Wildman–Crippen MR) is 121 cm³/mol. The molecule has 0 aliphatic carbocycles. The van der Waals surface area contributed by atoms with Crippen LogP contribution in [0.2, 0.25) is 0 Å². The van der Waals surface area contributed by atoms with Crippen LogP contribution < -0.4 is 5.32 Å². The van der Waals surface area contributed by atoms with E-state index in [-0.39, 0.29) is 12.1 Å². The Morgan fingerprint density at radius 2 is 1.88 bits per heavy atom. The molecule has 1 aliphatic heterocycles. The van der Waals surface area contributed by atoms with Gasteiger partial charge < -0.3 is 19.5 Å². The Labute approximate surface area is 195 Å². The van der Waals surface area contributed by atoms with E-state index in [1.54, 1.807) is 4.90 Å². The van der Waals surface area contributed by atoms with E-state index in [1.807, 2.05) is 32.3 Å². The van der Waals surface area contributed by atoms with Gasteiger partial charge in [-0.05, 0) is 46.2 Å². The van der Waals surface area contributed by atoms with Crippen LogP contribution in [0, 0.1) is 0 Å². The summed E-state index contributed by atoms with van der Waals surface area (Å²) in [4.78, 5) is 27.4. The molecule has 2 aromatic heterocycles. The molecule has 1 aromatic carbocycles. The largest absolute Gasteiger partial charge is 0.444 e. The molecule has 0 bridgehead atoms. The van der Waals surface area contributed by atoms with Gasteiger partial charge in [-0.15, -0.1) is 0 Å². The van der Waals surface area contributed by atoms with Crippen molar-refractivity contribution in [2.75, 3.05) is 18.4 Å². The molecular weight excluding hydrogens is 449 g/mol. The summed E-state index contributed by atoms with van der Waals surface area (Å²) in [5.41, 5.74) is 0.374. The molecule has 3 heterocycles. The van der Waals surface area contributed by atoms with Crippen LogP contribution >= 0.6 is 0 Å². The van der Waals surface area contributed by atoms with Gasteiger partial charge in [0.25, 0.3) is 0 Å². The Kier molecular flexibility index (Phi) is 6.13. The number of aromatic nitrogens is 4. The molecular formula is C23H27F3N6O2. The summed E-state index contributed by atoms with van der Waals surface area (Å²) in [6.07, 6.45) is -2.62. The Bertz CT molecular complexity index is 1180. The van der Waals surface area contributed by atoms with E-state index < -0.39 is 17.3 Å². The molecule has 8 nitrogen and oxygen atoms in total. The quantitative estimate of drug-likeness (QED) is 0.573. The number of benzene rings is 1. The zero-order chi connectivity index (χ0) is 24.7. The van der Waals surface area contributed by atoms with E-state index >= 15 is 0 Å². The number of aryl methyl sites for hydroxylation is 1. The summed E-state index contributed by atoms with van der Waals surface area (Å²) in [6, 6.07) is 4.86. The molecule has 0 radical (unpaired) electrons. The first-order valence-corrected chi connectivity index (χ1v) is 11.1. The van der Waals surface area contributed by atoms with Crippen molar-refractivity contribution in [3.05, 3.63) is 36.2 Å². The highest BCUT2D eigenvalue weighted by Crippen LogP contribution is 2.32. The number of amides is 1. The van der Waals surface area contributed by atoms with Crippen LogP contribution in [0.3, 0.4) is 0 Å². The molecule has 11 heteroatoms. The molecule has 0 unspecified atom stereocenters. The Hall–Kier alpha value is -3.37. The van der Waals surface area contributed by atoms with Crippen LogP contribution in [-0.4, -0.2) is 55.2 Å². The molecule has 4 rings (SSSR count). The zero-order valence-corrected chi connectivity index (χ0v) is 19.5. The minimum absolute atomic E-state index is 0.0492. The predicted octanol–water partition coefficient (Wildman–Crippen LogP) is 4.95.